The second-order valence-electron chi connectivity index (χ2n) is 4.29. The lowest BCUT2D eigenvalue weighted by Gasteiger charge is -2.11. The van der Waals surface area contributed by atoms with Gasteiger partial charge in [0, 0.05) is 6.61 Å². The third-order valence-corrected chi connectivity index (χ3v) is 3.18. The number of aromatic nitrogens is 2. The van der Waals surface area contributed by atoms with Gasteiger partial charge in [0.15, 0.2) is 0 Å². The summed E-state index contributed by atoms with van der Waals surface area (Å²) in [6.45, 7) is 0.814. The fourth-order valence-electron chi connectivity index (χ4n) is 2.29. The van der Waals surface area contributed by atoms with Crippen molar-refractivity contribution < 1.29 is 9.13 Å². The fraction of sp³-hybridized carbons (Fsp3) is 0.333. The van der Waals surface area contributed by atoms with Gasteiger partial charge in [0.25, 0.3) is 5.56 Å². The number of hydrogen-bond acceptors (Lipinski definition) is 3. The largest absolute Gasteiger partial charge is 0.379 e. The van der Waals surface area contributed by atoms with Gasteiger partial charge in [-0.3, -0.25) is 9.36 Å². The van der Waals surface area contributed by atoms with Crippen LogP contribution in [0.25, 0.3) is 10.9 Å². The molecule has 0 aliphatic carbocycles. The summed E-state index contributed by atoms with van der Waals surface area (Å²) in [6.07, 6.45) is 0.586. The molecule has 2 aromatic rings. The normalized spacial score (nSPS) is 19.5. The van der Waals surface area contributed by atoms with E-state index in [1.165, 1.54) is 18.2 Å². The molecule has 1 aliphatic rings. The molecule has 0 radical (unpaired) electrons. The van der Waals surface area contributed by atoms with E-state index < -0.39 is 17.1 Å². The van der Waals surface area contributed by atoms with E-state index in [-0.39, 0.29) is 16.9 Å². The van der Waals surface area contributed by atoms with E-state index in [2.05, 4.69) is 4.98 Å². The Morgan fingerprint density at radius 2 is 2.22 bits per heavy atom. The standard InChI is InChI=1S/C12H11FN2O3/c13-8-2-1-3-9-10(8)11(16)15(12(17)14-9)7-4-5-18-6-7/h1-3,7H,4-6H2,(H,14,17). The van der Waals surface area contributed by atoms with Crippen molar-refractivity contribution in [3.63, 3.8) is 0 Å². The first kappa shape index (κ1) is 11.2. The van der Waals surface area contributed by atoms with E-state index >= 15 is 0 Å². The summed E-state index contributed by atoms with van der Waals surface area (Å²) in [7, 11) is 0. The van der Waals surface area contributed by atoms with E-state index in [1.54, 1.807) is 0 Å². The predicted octanol–water partition coefficient (Wildman–Crippen LogP) is 0.790. The Bertz CT molecular complexity index is 713. The van der Waals surface area contributed by atoms with Crippen molar-refractivity contribution in [2.24, 2.45) is 0 Å². The molecule has 1 fully saturated rings. The highest BCUT2D eigenvalue weighted by molar-refractivity contribution is 5.77. The fourth-order valence-corrected chi connectivity index (χ4v) is 2.29. The van der Waals surface area contributed by atoms with Gasteiger partial charge in [-0.2, -0.15) is 0 Å². The summed E-state index contributed by atoms with van der Waals surface area (Å²) >= 11 is 0. The Morgan fingerprint density at radius 3 is 2.94 bits per heavy atom. The highest BCUT2D eigenvalue weighted by atomic mass is 19.1. The first-order valence-corrected chi connectivity index (χ1v) is 5.69. The topological polar surface area (TPSA) is 64.1 Å². The minimum atomic E-state index is -0.624. The number of fused-ring (bicyclic) bond motifs is 1. The molecule has 1 N–H and O–H groups in total. The van der Waals surface area contributed by atoms with E-state index in [1.807, 2.05) is 0 Å². The molecule has 1 aliphatic heterocycles. The maximum atomic E-state index is 13.7. The van der Waals surface area contributed by atoms with Crippen molar-refractivity contribution in [1.82, 2.24) is 9.55 Å². The van der Waals surface area contributed by atoms with Crippen molar-refractivity contribution in [2.75, 3.05) is 13.2 Å². The summed E-state index contributed by atoms with van der Waals surface area (Å²) in [5.74, 6) is -0.624. The van der Waals surface area contributed by atoms with Gasteiger partial charge in [-0.15, -0.1) is 0 Å². The van der Waals surface area contributed by atoms with Crippen LogP contribution in [0.5, 0.6) is 0 Å². The van der Waals surface area contributed by atoms with Gasteiger partial charge >= 0.3 is 5.69 Å². The van der Waals surface area contributed by atoms with Crippen LogP contribution in [-0.4, -0.2) is 22.8 Å². The molecule has 1 unspecified atom stereocenters. The molecule has 1 aromatic carbocycles. The molecular weight excluding hydrogens is 239 g/mol. The molecule has 0 saturated carbocycles. The van der Waals surface area contributed by atoms with Gasteiger partial charge in [0.2, 0.25) is 0 Å². The number of ether oxygens (including phenoxy) is 1. The lowest BCUT2D eigenvalue weighted by molar-refractivity contribution is 0.185. The SMILES string of the molecule is O=c1[nH]c2cccc(F)c2c(=O)n1C1CCOC1. The number of nitrogens with one attached hydrogen (secondary N) is 1. The minimum Gasteiger partial charge on any atom is -0.379 e. The van der Waals surface area contributed by atoms with Crippen LogP contribution in [0.15, 0.2) is 27.8 Å². The third kappa shape index (κ3) is 1.57. The number of H-pyrrole nitrogens is 1. The Labute approximate surface area is 101 Å². The molecule has 2 heterocycles. The first-order chi connectivity index (χ1) is 8.68. The number of rotatable bonds is 1. The Balaban J connectivity index is 2.36. The van der Waals surface area contributed by atoms with Crippen molar-refractivity contribution in [2.45, 2.75) is 12.5 Å². The summed E-state index contributed by atoms with van der Waals surface area (Å²) in [5.41, 5.74) is -0.892. The van der Waals surface area contributed by atoms with Crippen molar-refractivity contribution in [1.29, 1.82) is 0 Å². The van der Waals surface area contributed by atoms with Crippen LogP contribution < -0.4 is 11.2 Å². The smallest absolute Gasteiger partial charge is 0.329 e. The number of benzene rings is 1. The van der Waals surface area contributed by atoms with Crippen molar-refractivity contribution in [3.8, 4) is 0 Å². The highest BCUT2D eigenvalue weighted by Gasteiger charge is 2.22. The summed E-state index contributed by atoms with van der Waals surface area (Å²) in [4.78, 5) is 26.6. The second kappa shape index (κ2) is 4.06. The summed E-state index contributed by atoms with van der Waals surface area (Å²) in [5, 5.41) is -0.0796. The van der Waals surface area contributed by atoms with Gasteiger partial charge < -0.3 is 9.72 Å². The zero-order valence-corrected chi connectivity index (χ0v) is 9.48. The maximum Gasteiger partial charge on any atom is 0.329 e. The molecule has 6 heteroatoms. The van der Waals surface area contributed by atoms with E-state index in [9.17, 15) is 14.0 Å². The molecule has 1 aromatic heterocycles. The van der Waals surface area contributed by atoms with Crippen LogP contribution in [0.2, 0.25) is 0 Å². The molecule has 94 valence electrons. The van der Waals surface area contributed by atoms with Crippen LogP contribution in [-0.2, 0) is 4.74 Å². The Hall–Kier alpha value is -1.95. The zero-order chi connectivity index (χ0) is 12.7. The van der Waals surface area contributed by atoms with Gasteiger partial charge in [0.05, 0.1) is 23.6 Å². The molecule has 0 spiro atoms. The zero-order valence-electron chi connectivity index (χ0n) is 9.48. The van der Waals surface area contributed by atoms with Gasteiger partial charge in [0.1, 0.15) is 5.82 Å². The lowest BCUT2D eigenvalue weighted by Crippen LogP contribution is -2.38. The van der Waals surface area contributed by atoms with E-state index in [4.69, 9.17) is 4.74 Å². The number of hydrogen-bond donors (Lipinski definition) is 1. The predicted molar refractivity (Wildman–Crippen MR) is 63.3 cm³/mol. The van der Waals surface area contributed by atoms with Gasteiger partial charge in [-0.25, -0.2) is 9.18 Å². The molecule has 1 atom stereocenters. The first-order valence-electron chi connectivity index (χ1n) is 5.69. The number of halogens is 1. The summed E-state index contributed by atoms with van der Waals surface area (Å²) < 4.78 is 19.9. The van der Waals surface area contributed by atoms with Crippen LogP contribution in [0, 0.1) is 5.82 Å². The molecule has 0 bridgehead atoms. The highest BCUT2D eigenvalue weighted by Crippen LogP contribution is 2.16. The molecule has 18 heavy (non-hydrogen) atoms. The van der Waals surface area contributed by atoms with E-state index in [0.29, 0.717) is 19.6 Å². The van der Waals surface area contributed by atoms with Crippen molar-refractivity contribution in [3.05, 3.63) is 44.9 Å². The minimum absolute atomic E-state index is 0.0796. The molecule has 1 saturated heterocycles. The van der Waals surface area contributed by atoms with Crippen LogP contribution >= 0.6 is 0 Å². The molecule has 3 rings (SSSR count). The van der Waals surface area contributed by atoms with Crippen molar-refractivity contribution >= 4 is 10.9 Å². The maximum absolute atomic E-state index is 13.7. The van der Waals surface area contributed by atoms with Gasteiger partial charge in [-0.05, 0) is 18.6 Å². The Morgan fingerprint density at radius 1 is 1.39 bits per heavy atom. The lowest BCUT2D eigenvalue weighted by atomic mass is 10.2. The average molecular weight is 250 g/mol. The monoisotopic (exact) mass is 250 g/mol. The second-order valence-corrected chi connectivity index (χ2v) is 4.29. The molecular formula is C12H11FN2O3. The molecule has 5 nitrogen and oxygen atoms in total. The third-order valence-electron chi connectivity index (χ3n) is 3.18. The number of aromatic amines is 1. The summed E-state index contributed by atoms with van der Waals surface area (Å²) in [6, 6.07) is 3.86. The quantitative estimate of drug-likeness (QED) is 0.813. The van der Waals surface area contributed by atoms with Crippen LogP contribution in [0.4, 0.5) is 4.39 Å². The van der Waals surface area contributed by atoms with E-state index in [0.717, 1.165) is 4.57 Å². The van der Waals surface area contributed by atoms with Crippen LogP contribution in [0.1, 0.15) is 12.5 Å². The van der Waals surface area contributed by atoms with Gasteiger partial charge in [-0.1, -0.05) is 6.07 Å². The Kier molecular flexibility index (Phi) is 2.52. The molecule has 0 amide bonds. The number of nitrogens with zero attached hydrogens (tertiary/aromatic N) is 1. The van der Waals surface area contributed by atoms with Crippen LogP contribution in [0.3, 0.4) is 0 Å². The average Bonchev–Trinajstić information content (AvgIpc) is 2.82.